The van der Waals surface area contributed by atoms with Crippen molar-refractivity contribution >= 4 is 15.6 Å². The Balaban J connectivity index is -0.0000000457. The van der Waals surface area contributed by atoms with Gasteiger partial charge in [-0.05, 0) is 0 Å². The Morgan fingerprint density at radius 3 is 0.667 bits per heavy atom. The van der Waals surface area contributed by atoms with Crippen molar-refractivity contribution < 1.29 is 76.6 Å². The molecule has 0 aliphatic rings. The molecule has 8 nitrogen and oxygen atoms in total. The van der Waals surface area contributed by atoms with E-state index in [0.29, 0.717) is 0 Å². The summed E-state index contributed by atoms with van der Waals surface area (Å²) in [6, 6.07) is 0. The van der Waals surface area contributed by atoms with Crippen LogP contribution in [-0.4, -0.2) is 0 Å². The van der Waals surface area contributed by atoms with Gasteiger partial charge in [0.15, 0.2) is 0 Å². The van der Waals surface area contributed by atoms with Crippen LogP contribution in [0.25, 0.3) is 0 Å². The molecule has 0 rings (SSSR count). The molecule has 0 spiro atoms. The topological polar surface area (TPSA) is 172 Å². The van der Waals surface area contributed by atoms with Gasteiger partial charge in [0, 0.05) is 0 Å². The summed E-state index contributed by atoms with van der Waals surface area (Å²) < 4.78 is 17.1. The van der Waals surface area contributed by atoms with E-state index in [9.17, 15) is 0 Å². The number of rotatable bonds is 0. The van der Waals surface area contributed by atoms with E-state index in [-0.39, 0.29) is 38.1 Å². The Kier molecular flexibility index (Phi) is 17.5. The maximum Gasteiger partial charge on any atom is 4.00 e. The molecule has 0 bridgehead atoms. The monoisotopic (exact) mass is 430 g/mol. The van der Waals surface area contributed by atoms with E-state index in [0.717, 1.165) is 0 Å². The standard InChI is InChI=1S/Fe.2H3O4P.W/c;2*1-5(2,3)4;/h;2*(H3,1,2,3,4);/q+2;;;+4/p-6. The van der Waals surface area contributed by atoms with Gasteiger partial charge in [-0.3, -0.25) is 0 Å². The minimum Gasteiger partial charge on any atom is -0.822 e. The molecule has 0 aromatic carbocycles. The Morgan fingerprint density at radius 2 is 0.667 bits per heavy atom. The van der Waals surface area contributed by atoms with Crippen molar-refractivity contribution in [2.24, 2.45) is 0 Å². The summed E-state index contributed by atoms with van der Waals surface area (Å²) in [5.41, 5.74) is 0. The van der Waals surface area contributed by atoms with Crippen molar-refractivity contribution in [1.82, 2.24) is 0 Å². The first-order valence-corrected chi connectivity index (χ1v) is 4.38. The number of phosphoric acid groups is 2. The normalized spacial score (nSPS) is 9.83. The molecule has 0 aromatic heterocycles. The van der Waals surface area contributed by atoms with Crippen molar-refractivity contribution in [3.8, 4) is 0 Å². The van der Waals surface area contributed by atoms with E-state index in [4.69, 9.17) is 38.5 Å². The molecule has 0 heterocycles. The smallest absolute Gasteiger partial charge is 0.822 e. The fourth-order valence-corrected chi connectivity index (χ4v) is 0. The maximum absolute atomic E-state index is 8.55. The van der Waals surface area contributed by atoms with Gasteiger partial charge < -0.3 is 38.5 Å². The maximum atomic E-state index is 8.55. The summed E-state index contributed by atoms with van der Waals surface area (Å²) in [4.78, 5) is 51.3. The molecule has 0 saturated carbocycles. The summed E-state index contributed by atoms with van der Waals surface area (Å²) in [6.07, 6.45) is 0. The second-order valence-corrected chi connectivity index (χ2v) is 2.68. The molecule has 0 aromatic rings. The molecule has 0 fully saturated rings. The molecule has 12 heavy (non-hydrogen) atoms. The van der Waals surface area contributed by atoms with Crippen LogP contribution >= 0.6 is 15.6 Å². The van der Waals surface area contributed by atoms with E-state index < -0.39 is 15.6 Å². The molecule has 0 aliphatic carbocycles. The zero-order chi connectivity index (χ0) is 9.00. The third kappa shape index (κ3) is 610. The average molecular weight is 430 g/mol. The van der Waals surface area contributed by atoms with Gasteiger partial charge in [-0.1, -0.05) is 0 Å². The quantitative estimate of drug-likeness (QED) is 0.270. The van der Waals surface area contributed by atoms with Crippen molar-refractivity contribution in [2.75, 3.05) is 0 Å². The van der Waals surface area contributed by atoms with Crippen LogP contribution in [0.4, 0.5) is 0 Å². The Labute approximate surface area is 92.2 Å². The number of hydrogen-bond donors (Lipinski definition) is 0. The molecule has 0 aliphatic heterocycles. The average Bonchev–Trinajstić information content (AvgIpc) is 1.12. The van der Waals surface area contributed by atoms with Gasteiger partial charge in [-0.15, -0.1) is 0 Å². The second-order valence-electron chi connectivity index (χ2n) is 0.894. The van der Waals surface area contributed by atoms with Crippen LogP contribution in [0, 0.1) is 0 Å². The molecule has 12 heteroatoms. The van der Waals surface area contributed by atoms with Crippen molar-refractivity contribution in [3.05, 3.63) is 0 Å². The van der Waals surface area contributed by atoms with Crippen LogP contribution in [0.1, 0.15) is 0 Å². The van der Waals surface area contributed by atoms with Gasteiger partial charge in [0.2, 0.25) is 0 Å². The molecular formula is FeO8P2W. The van der Waals surface area contributed by atoms with Gasteiger partial charge in [0.25, 0.3) is 0 Å². The van der Waals surface area contributed by atoms with Gasteiger partial charge in [-0.25, -0.2) is 0 Å². The zero-order valence-electron chi connectivity index (χ0n) is 4.92. The SMILES string of the molecule is O=P([O-])([O-])[O-].O=P([O-])([O-])[O-].[Fe+2].[W+4]. The molecule has 0 unspecified atom stereocenters. The fourth-order valence-electron chi connectivity index (χ4n) is 0. The minimum absolute atomic E-state index is 0. The van der Waals surface area contributed by atoms with Gasteiger partial charge in [0.05, 0.1) is 0 Å². The molecule has 0 saturated heterocycles. The van der Waals surface area contributed by atoms with Crippen molar-refractivity contribution in [3.63, 3.8) is 0 Å². The minimum atomic E-state index is -5.39. The first kappa shape index (κ1) is 23.3. The summed E-state index contributed by atoms with van der Waals surface area (Å²) in [6.45, 7) is 0. The van der Waals surface area contributed by atoms with E-state index >= 15 is 0 Å². The summed E-state index contributed by atoms with van der Waals surface area (Å²) >= 11 is 0. The first-order valence-electron chi connectivity index (χ1n) is 1.46. The van der Waals surface area contributed by atoms with Crippen LogP contribution in [0.2, 0.25) is 0 Å². The van der Waals surface area contributed by atoms with Crippen LogP contribution in [-0.2, 0) is 47.3 Å². The molecule has 0 atom stereocenters. The summed E-state index contributed by atoms with van der Waals surface area (Å²) in [5.74, 6) is 0. The van der Waals surface area contributed by atoms with Crippen LogP contribution in [0.15, 0.2) is 0 Å². The molecule has 72 valence electrons. The van der Waals surface area contributed by atoms with E-state index in [2.05, 4.69) is 0 Å². The Hall–Kier alpha value is 1.43. The third-order valence-electron chi connectivity index (χ3n) is 0. The number of hydrogen-bond acceptors (Lipinski definition) is 8. The predicted octanol–water partition coefficient (Wildman–Crippen LogP) is -5.65. The fraction of sp³-hybridized carbons (Fsp3) is 0. The Bertz CT molecular complexity index is 129. The van der Waals surface area contributed by atoms with Gasteiger partial charge in [0.1, 0.15) is 0 Å². The third-order valence-corrected chi connectivity index (χ3v) is 0. The van der Waals surface area contributed by atoms with Gasteiger partial charge in [-0.2, -0.15) is 15.6 Å². The predicted molar refractivity (Wildman–Crippen MR) is 15.2 cm³/mol. The van der Waals surface area contributed by atoms with E-state index in [1.807, 2.05) is 0 Å². The first-order chi connectivity index (χ1) is 4.00. The van der Waals surface area contributed by atoms with Crippen molar-refractivity contribution in [2.45, 2.75) is 0 Å². The molecule has 0 radical (unpaired) electrons. The van der Waals surface area contributed by atoms with Crippen LogP contribution in [0.3, 0.4) is 0 Å². The van der Waals surface area contributed by atoms with E-state index in [1.165, 1.54) is 0 Å². The van der Waals surface area contributed by atoms with Crippen LogP contribution < -0.4 is 29.4 Å². The molecule has 0 N–H and O–H groups in total. The second kappa shape index (κ2) is 9.00. The largest absolute Gasteiger partial charge is 4.00 e. The van der Waals surface area contributed by atoms with Gasteiger partial charge >= 0.3 is 38.1 Å². The van der Waals surface area contributed by atoms with Crippen LogP contribution in [0.5, 0.6) is 0 Å². The molecule has 0 amide bonds. The van der Waals surface area contributed by atoms with E-state index in [1.54, 1.807) is 0 Å². The Morgan fingerprint density at radius 1 is 0.667 bits per heavy atom. The zero-order valence-corrected chi connectivity index (χ0v) is 10.7. The molecular weight excluding hydrogens is 430 g/mol. The summed E-state index contributed by atoms with van der Waals surface area (Å²) in [5, 5.41) is 0. The summed E-state index contributed by atoms with van der Waals surface area (Å²) in [7, 11) is -10.8. The van der Waals surface area contributed by atoms with Crippen molar-refractivity contribution in [1.29, 1.82) is 0 Å².